The van der Waals surface area contributed by atoms with Crippen LogP contribution >= 0.6 is 0 Å². The first-order chi connectivity index (χ1) is 6.57. The minimum Gasteiger partial charge on any atom is -0.309 e. The Morgan fingerprint density at radius 1 is 1.50 bits per heavy atom. The van der Waals surface area contributed by atoms with Crippen molar-refractivity contribution in [2.24, 2.45) is 0 Å². The lowest BCUT2D eigenvalue weighted by Crippen LogP contribution is -1.99. The normalized spacial score (nSPS) is 15.9. The molecule has 0 atom stereocenters. The van der Waals surface area contributed by atoms with Crippen LogP contribution in [0.25, 0.3) is 6.20 Å². The molecule has 14 heavy (non-hydrogen) atoms. The number of aromatic nitrogens is 2. The first-order valence-corrected chi connectivity index (χ1v) is 6.06. The molecule has 0 aromatic carbocycles. The van der Waals surface area contributed by atoms with E-state index >= 15 is 0 Å². The highest BCUT2D eigenvalue weighted by Gasteiger charge is 2.11. The zero-order chi connectivity index (χ0) is 10.2. The van der Waals surface area contributed by atoms with Gasteiger partial charge in [0.05, 0.1) is 4.91 Å². The lowest BCUT2D eigenvalue weighted by Gasteiger charge is -1.99. The third-order valence-electron chi connectivity index (χ3n) is 2.03. The van der Waals surface area contributed by atoms with E-state index in [4.69, 9.17) is 0 Å². The predicted octanol–water partition coefficient (Wildman–Crippen LogP) is 0.838. The van der Waals surface area contributed by atoms with Gasteiger partial charge in [0.1, 0.15) is 5.82 Å². The van der Waals surface area contributed by atoms with E-state index in [0.29, 0.717) is 11.3 Å². The molecule has 1 aromatic rings. The molecule has 2 rings (SSSR count). The van der Waals surface area contributed by atoms with Gasteiger partial charge in [-0.25, -0.2) is 13.4 Å². The third kappa shape index (κ3) is 1.63. The molecular weight excluding hydrogens is 200 g/mol. The second-order valence-electron chi connectivity index (χ2n) is 3.16. The van der Waals surface area contributed by atoms with Gasteiger partial charge in [-0.1, -0.05) is 6.08 Å². The molecule has 0 saturated carbocycles. The zero-order valence-electron chi connectivity index (χ0n) is 7.71. The van der Waals surface area contributed by atoms with E-state index in [1.807, 2.05) is 0 Å². The molecule has 2 heterocycles. The van der Waals surface area contributed by atoms with Crippen molar-refractivity contribution in [2.45, 2.75) is 6.42 Å². The van der Waals surface area contributed by atoms with Crippen molar-refractivity contribution in [2.75, 3.05) is 6.26 Å². The molecule has 1 aliphatic heterocycles. The summed E-state index contributed by atoms with van der Waals surface area (Å²) in [6.07, 6.45) is 10.3. The van der Waals surface area contributed by atoms with Gasteiger partial charge in [0.15, 0.2) is 9.84 Å². The molecule has 0 unspecified atom stereocenters. The summed E-state index contributed by atoms with van der Waals surface area (Å²) in [5.74, 6) is 0.847. The van der Waals surface area contributed by atoms with Crippen molar-refractivity contribution in [3.05, 3.63) is 35.3 Å². The summed E-state index contributed by atoms with van der Waals surface area (Å²) in [6.45, 7) is 0. The summed E-state index contributed by atoms with van der Waals surface area (Å²) in [5.41, 5.74) is 0. The van der Waals surface area contributed by atoms with Crippen molar-refractivity contribution in [1.82, 2.24) is 9.55 Å². The monoisotopic (exact) mass is 210 g/mol. The molecule has 0 fully saturated rings. The number of fused-ring (bicyclic) bond motifs is 1. The molecule has 1 aliphatic rings. The van der Waals surface area contributed by atoms with Crippen molar-refractivity contribution in [1.29, 1.82) is 0 Å². The van der Waals surface area contributed by atoms with Crippen LogP contribution in [0.2, 0.25) is 0 Å². The van der Waals surface area contributed by atoms with Gasteiger partial charge >= 0.3 is 0 Å². The Hall–Kier alpha value is -1.36. The van der Waals surface area contributed by atoms with Gasteiger partial charge in [-0.3, -0.25) is 0 Å². The Bertz CT molecular complexity index is 509. The van der Waals surface area contributed by atoms with Crippen LogP contribution in [0.4, 0.5) is 0 Å². The SMILES string of the molecule is CS(=O)(=O)C1=Cn2ccnc2CC=C1. The van der Waals surface area contributed by atoms with Gasteiger partial charge in [-0.2, -0.15) is 0 Å². The molecule has 0 saturated heterocycles. The van der Waals surface area contributed by atoms with Crippen molar-refractivity contribution >= 4 is 16.0 Å². The maximum absolute atomic E-state index is 11.3. The maximum atomic E-state index is 11.3. The lowest BCUT2D eigenvalue weighted by molar-refractivity contribution is 0.608. The lowest BCUT2D eigenvalue weighted by atomic mass is 10.4. The summed E-state index contributed by atoms with van der Waals surface area (Å²) in [6, 6.07) is 0. The van der Waals surface area contributed by atoms with Crippen LogP contribution in [0.5, 0.6) is 0 Å². The number of allylic oxidation sites excluding steroid dienone is 2. The van der Waals surface area contributed by atoms with E-state index in [2.05, 4.69) is 4.98 Å². The van der Waals surface area contributed by atoms with Crippen molar-refractivity contribution in [3.63, 3.8) is 0 Å². The highest BCUT2D eigenvalue weighted by Crippen LogP contribution is 2.14. The average Bonchev–Trinajstić information content (AvgIpc) is 2.41. The maximum Gasteiger partial charge on any atom is 0.176 e. The van der Waals surface area contributed by atoms with E-state index in [1.54, 1.807) is 35.3 Å². The minimum atomic E-state index is -3.14. The van der Waals surface area contributed by atoms with Crippen molar-refractivity contribution < 1.29 is 8.42 Å². The summed E-state index contributed by atoms with van der Waals surface area (Å²) in [4.78, 5) is 4.42. The van der Waals surface area contributed by atoms with Crippen LogP contribution in [0, 0.1) is 0 Å². The quantitative estimate of drug-likeness (QED) is 0.690. The fraction of sp³-hybridized carbons (Fsp3) is 0.222. The fourth-order valence-corrected chi connectivity index (χ4v) is 1.95. The third-order valence-corrected chi connectivity index (χ3v) is 3.12. The molecule has 0 amide bonds. The van der Waals surface area contributed by atoms with Gasteiger partial charge in [0, 0.05) is 31.3 Å². The van der Waals surface area contributed by atoms with Gasteiger partial charge < -0.3 is 4.57 Å². The smallest absolute Gasteiger partial charge is 0.176 e. The summed E-state index contributed by atoms with van der Waals surface area (Å²) in [7, 11) is -3.14. The van der Waals surface area contributed by atoms with Crippen LogP contribution < -0.4 is 0 Å². The van der Waals surface area contributed by atoms with Crippen LogP contribution in [0.1, 0.15) is 5.82 Å². The van der Waals surface area contributed by atoms with Gasteiger partial charge in [0.2, 0.25) is 0 Å². The Balaban J connectivity index is 2.57. The van der Waals surface area contributed by atoms with E-state index in [-0.39, 0.29) is 0 Å². The molecule has 4 nitrogen and oxygen atoms in total. The van der Waals surface area contributed by atoms with E-state index < -0.39 is 9.84 Å². The molecule has 0 spiro atoms. The number of hydrogen-bond donors (Lipinski definition) is 0. The van der Waals surface area contributed by atoms with Crippen LogP contribution in [-0.4, -0.2) is 24.2 Å². The van der Waals surface area contributed by atoms with Gasteiger partial charge in [-0.15, -0.1) is 0 Å². The van der Waals surface area contributed by atoms with Crippen LogP contribution in [-0.2, 0) is 16.3 Å². The largest absolute Gasteiger partial charge is 0.309 e. The Morgan fingerprint density at radius 3 is 3.00 bits per heavy atom. The second-order valence-corrected chi connectivity index (χ2v) is 5.18. The molecule has 0 aliphatic carbocycles. The van der Waals surface area contributed by atoms with Gasteiger partial charge in [-0.05, 0) is 6.08 Å². The minimum absolute atomic E-state index is 0.314. The molecule has 0 radical (unpaired) electrons. The van der Waals surface area contributed by atoms with Gasteiger partial charge in [0.25, 0.3) is 0 Å². The topological polar surface area (TPSA) is 52.0 Å². The first kappa shape index (κ1) is 9.21. The Kier molecular flexibility index (Phi) is 2.03. The van der Waals surface area contributed by atoms with E-state index in [9.17, 15) is 8.42 Å². The Labute approximate surface area is 82.5 Å². The van der Waals surface area contributed by atoms with Crippen LogP contribution in [0.15, 0.2) is 29.5 Å². The molecule has 0 bridgehead atoms. The molecule has 5 heteroatoms. The molecule has 74 valence electrons. The number of sulfone groups is 1. The highest BCUT2D eigenvalue weighted by molar-refractivity contribution is 7.94. The fourth-order valence-electron chi connectivity index (χ4n) is 1.30. The number of nitrogens with zero attached hydrogens (tertiary/aromatic N) is 2. The molecule has 1 aromatic heterocycles. The molecular formula is C9H10N2O2S. The van der Waals surface area contributed by atoms with Crippen LogP contribution in [0.3, 0.4) is 0 Å². The average molecular weight is 210 g/mol. The first-order valence-electron chi connectivity index (χ1n) is 4.17. The Morgan fingerprint density at radius 2 is 2.29 bits per heavy atom. The standard InChI is InChI=1S/C9H10N2O2S/c1-14(12,13)8-3-2-4-9-10-5-6-11(9)7-8/h2-3,5-7H,4H2,1H3. The number of hydrogen-bond acceptors (Lipinski definition) is 3. The van der Waals surface area contributed by atoms with E-state index in [0.717, 1.165) is 5.82 Å². The predicted molar refractivity (Wildman–Crippen MR) is 54.2 cm³/mol. The second kappa shape index (κ2) is 3.09. The summed E-state index contributed by atoms with van der Waals surface area (Å²) in [5, 5.41) is 0. The summed E-state index contributed by atoms with van der Waals surface area (Å²) >= 11 is 0. The van der Waals surface area contributed by atoms with Crippen molar-refractivity contribution in [3.8, 4) is 0 Å². The number of rotatable bonds is 1. The summed E-state index contributed by atoms with van der Waals surface area (Å²) < 4.78 is 24.4. The highest BCUT2D eigenvalue weighted by atomic mass is 32.2. The zero-order valence-corrected chi connectivity index (χ0v) is 8.53. The van der Waals surface area contributed by atoms with E-state index in [1.165, 1.54) is 6.26 Å². The molecule has 0 N–H and O–H groups in total. The number of imidazole rings is 1.